The van der Waals surface area contributed by atoms with Gasteiger partial charge in [0.05, 0.1) is 0 Å². The highest BCUT2D eigenvalue weighted by Gasteiger charge is 2.24. The van der Waals surface area contributed by atoms with E-state index in [1.165, 1.54) is 6.07 Å². The molecule has 0 bridgehead atoms. The van der Waals surface area contributed by atoms with Gasteiger partial charge in [-0.1, -0.05) is 19.1 Å². The van der Waals surface area contributed by atoms with Crippen molar-refractivity contribution in [3.63, 3.8) is 0 Å². The molecule has 0 radical (unpaired) electrons. The Morgan fingerprint density at radius 3 is 3.00 bits per heavy atom. The first-order chi connectivity index (χ1) is 6.20. The molecule has 0 saturated carbocycles. The monoisotopic (exact) mass is 179 g/mol. The molecule has 2 rings (SSSR count). The molecule has 0 spiro atoms. The van der Waals surface area contributed by atoms with Gasteiger partial charge in [-0.25, -0.2) is 4.39 Å². The average molecular weight is 179 g/mol. The molecule has 0 amide bonds. The van der Waals surface area contributed by atoms with Crippen LogP contribution in [0, 0.1) is 11.7 Å². The summed E-state index contributed by atoms with van der Waals surface area (Å²) in [6.45, 7) is 2.12. The summed E-state index contributed by atoms with van der Waals surface area (Å²) in [5, 5.41) is 0. The van der Waals surface area contributed by atoms with E-state index in [2.05, 4.69) is 6.92 Å². The lowest BCUT2D eigenvalue weighted by Gasteiger charge is -2.28. The fourth-order valence-corrected chi connectivity index (χ4v) is 2.01. The summed E-state index contributed by atoms with van der Waals surface area (Å²) in [5.41, 5.74) is 7.82. The molecule has 0 aliphatic heterocycles. The lowest BCUT2D eigenvalue weighted by molar-refractivity contribution is 0.403. The first-order valence-electron chi connectivity index (χ1n) is 4.73. The van der Waals surface area contributed by atoms with Crippen LogP contribution in [0.25, 0.3) is 0 Å². The van der Waals surface area contributed by atoms with Crippen molar-refractivity contribution in [2.24, 2.45) is 11.7 Å². The molecule has 1 aromatic rings. The van der Waals surface area contributed by atoms with Crippen molar-refractivity contribution in [3.05, 3.63) is 35.1 Å². The summed E-state index contributed by atoms with van der Waals surface area (Å²) >= 11 is 0. The third-order valence-corrected chi connectivity index (χ3v) is 2.98. The lowest BCUT2D eigenvalue weighted by atomic mass is 9.81. The van der Waals surface area contributed by atoms with E-state index < -0.39 is 0 Å². The van der Waals surface area contributed by atoms with E-state index in [0.717, 1.165) is 24.0 Å². The molecule has 13 heavy (non-hydrogen) atoms. The second kappa shape index (κ2) is 3.11. The Bertz CT molecular complexity index is 322. The zero-order valence-electron chi connectivity index (χ0n) is 7.76. The minimum atomic E-state index is -0.0974. The predicted octanol–water partition coefficient (Wildman–Crippen LogP) is 2.41. The van der Waals surface area contributed by atoms with Gasteiger partial charge in [0, 0.05) is 6.04 Å². The number of nitrogens with two attached hydrogens (primary N) is 1. The molecule has 2 atom stereocenters. The van der Waals surface area contributed by atoms with Crippen LogP contribution in [-0.2, 0) is 6.42 Å². The highest BCUT2D eigenvalue weighted by Crippen LogP contribution is 2.33. The summed E-state index contributed by atoms with van der Waals surface area (Å²) in [7, 11) is 0. The minimum absolute atomic E-state index is 0.0134. The maximum Gasteiger partial charge on any atom is 0.126 e. The van der Waals surface area contributed by atoms with Crippen molar-refractivity contribution in [3.8, 4) is 0 Å². The van der Waals surface area contributed by atoms with Gasteiger partial charge >= 0.3 is 0 Å². The molecule has 0 aromatic heterocycles. The van der Waals surface area contributed by atoms with E-state index in [0.29, 0.717) is 5.92 Å². The molecule has 2 heteroatoms. The molecule has 1 aliphatic carbocycles. The maximum atomic E-state index is 13.3. The van der Waals surface area contributed by atoms with Gasteiger partial charge in [-0.15, -0.1) is 0 Å². The Morgan fingerprint density at radius 2 is 2.23 bits per heavy atom. The van der Waals surface area contributed by atoms with Crippen molar-refractivity contribution in [2.45, 2.75) is 25.8 Å². The van der Waals surface area contributed by atoms with Crippen molar-refractivity contribution in [2.75, 3.05) is 0 Å². The Hall–Kier alpha value is -0.890. The standard InChI is InChI=1S/C11H14FN/c1-7-5-6-8-9(11(7)13)3-2-4-10(8)12/h2-4,7,11H,5-6,13H2,1H3. The first-order valence-corrected chi connectivity index (χ1v) is 4.73. The third-order valence-electron chi connectivity index (χ3n) is 2.98. The Kier molecular flexibility index (Phi) is 2.08. The summed E-state index contributed by atoms with van der Waals surface area (Å²) in [6, 6.07) is 5.21. The zero-order valence-corrected chi connectivity index (χ0v) is 7.76. The normalized spacial score (nSPS) is 27.0. The van der Waals surface area contributed by atoms with Crippen LogP contribution in [0.3, 0.4) is 0 Å². The van der Waals surface area contributed by atoms with E-state index in [1.807, 2.05) is 6.07 Å². The number of hydrogen-bond acceptors (Lipinski definition) is 1. The first kappa shape index (κ1) is 8.70. The van der Waals surface area contributed by atoms with Gasteiger partial charge < -0.3 is 5.73 Å². The number of halogens is 1. The van der Waals surface area contributed by atoms with Crippen LogP contribution in [0.2, 0.25) is 0 Å². The van der Waals surface area contributed by atoms with Crippen LogP contribution in [-0.4, -0.2) is 0 Å². The second-order valence-electron chi connectivity index (χ2n) is 3.85. The number of rotatable bonds is 0. The van der Waals surface area contributed by atoms with Crippen LogP contribution in [0.4, 0.5) is 4.39 Å². The number of benzene rings is 1. The van der Waals surface area contributed by atoms with Crippen molar-refractivity contribution in [1.82, 2.24) is 0 Å². The highest BCUT2D eigenvalue weighted by atomic mass is 19.1. The van der Waals surface area contributed by atoms with Crippen LogP contribution in [0.15, 0.2) is 18.2 Å². The highest BCUT2D eigenvalue weighted by molar-refractivity contribution is 5.33. The fraction of sp³-hybridized carbons (Fsp3) is 0.455. The van der Waals surface area contributed by atoms with Crippen LogP contribution >= 0.6 is 0 Å². The van der Waals surface area contributed by atoms with E-state index in [9.17, 15) is 4.39 Å². The van der Waals surface area contributed by atoms with Gasteiger partial charge in [0.15, 0.2) is 0 Å². The molecular weight excluding hydrogens is 165 g/mol. The van der Waals surface area contributed by atoms with Crippen LogP contribution in [0.5, 0.6) is 0 Å². The molecule has 2 N–H and O–H groups in total. The molecule has 0 fully saturated rings. The van der Waals surface area contributed by atoms with E-state index >= 15 is 0 Å². The summed E-state index contributed by atoms with van der Waals surface area (Å²) < 4.78 is 13.3. The van der Waals surface area contributed by atoms with Crippen LogP contribution in [0.1, 0.15) is 30.5 Å². The van der Waals surface area contributed by atoms with Gasteiger partial charge in [0.2, 0.25) is 0 Å². The van der Waals surface area contributed by atoms with Gasteiger partial charge in [0.1, 0.15) is 5.82 Å². The molecule has 0 saturated heterocycles. The van der Waals surface area contributed by atoms with E-state index in [1.54, 1.807) is 6.07 Å². The molecular formula is C11H14FN. The topological polar surface area (TPSA) is 26.0 Å². The van der Waals surface area contributed by atoms with E-state index in [4.69, 9.17) is 5.73 Å². The molecule has 1 aromatic carbocycles. The molecule has 2 unspecified atom stereocenters. The van der Waals surface area contributed by atoms with E-state index in [-0.39, 0.29) is 11.9 Å². The van der Waals surface area contributed by atoms with Crippen molar-refractivity contribution >= 4 is 0 Å². The fourth-order valence-electron chi connectivity index (χ4n) is 2.01. The Labute approximate surface area is 77.8 Å². The van der Waals surface area contributed by atoms with Crippen molar-refractivity contribution in [1.29, 1.82) is 0 Å². The summed E-state index contributed by atoms with van der Waals surface area (Å²) in [4.78, 5) is 0. The Balaban J connectivity index is 2.49. The van der Waals surface area contributed by atoms with Gasteiger partial charge in [0.25, 0.3) is 0 Å². The molecule has 1 aliphatic rings. The largest absolute Gasteiger partial charge is 0.324 e. The smallest absolute Gasteiger partial charge is 0.126 e. The predicted molar refractivity (Wildman–Crippen MR) is 50.8 cm³/mol. The summed E-state index contributed by atoms with van der Waals surface area (Å²) in [5.74, 6) is 0.370. The van der Waals surface area contributed by atoms with Crippen LogP contribution < -0.4 is 5.73 Å². The molecule has 0 heterocycles. The second-order valence-corrected chi connectivity index (χ2v) is 3.85. The molecule has 1 nitrogen and oxygen atoms in total. The maximum absolute atomic E-state index is 13.3. The molecule has 70 valence electrons. The van der Waals surface area contributed by atoms with Gasteiger partial charge in [-0.05, 0) is 36.0 Å². The quantitative estimate of drug-likeness (QED) is 0.650. The number of fused-ring (bicyclic) bond motifs is 1. The summed E-state index contributed by atoms with van der Waals surface area (Å²) in [6.07, 6.45) is 1.83. The Morgan fingerprint density at radius 1 is 1.46 bits per heavy atom. The number of hydrogen-bond donors (Lipinski definition) is 1. The third kappa shape index (κ3) is 1.35. The SMILES string of the molecule is CC1CCc2c(F)cccc2C1N. The average Bonchev–Trinajstić information content (AvgIpc) is 2.12. The van der Waals surface area contributed by atoms with Crippen molar-refractivity contribution < 1.29 is 4.39 Å². The van der Waals surface area contributed by atoms with Gasteiger partial charge in [-0.3, -0.25) is 0 Å². The minimum Gasteiger partial charge on any atom is -0.324 e. The lowest BCUT2D eigenvalue weighted by Crippen LogP contribution is -2.25. The van der Waals surface area contributed by atoms with Gasteiger partial charge in [-0.2, -0.15) is 0 Å². The zero-order chi connectivity index (χ0) is 9.42.